The molecule has 2 rings (SSSR count). The third-order valence-corrected chi connectivity index (χ3v) is 3.79. The number of amides is 1. The lowest BCUT2D eigenvalue weighted by Crippen LogP contribution is -2.46. The molecular weight excluding hydrogens is 296 g/mol. The Labute approximate surface area is 133 Å². The van der Waals surface area contributed by atoms with Crippen LogP contribution >= 0.6 is 0 Å². The lowest BCUT2D eigenvalue weighted by Gasteiger charge is -2.20. The molecule has 0 aliphatic carbocycles. The van der Waals surface area contributed by atoms with Gasteiger partial charge < -0.3 is 4.90 Å². The molecular formula is C16H18N4O3. The third-order valence-electron chi connectivity index (χ3n) is 3.79. The predicted molar refractivity (Wildman–Crippen MR) is 85.0 cm³/mol. The molecule has 1 amide bonds. The summed E-state index contributed by atoms with van der Waals surface area (Å²) in [7, 11) is 0. The molecule has 1 aliphatic heterocycles. The second-order valence-electron chi connectivity index (χ2n) is 5.24. The fraction of sp³-hybridized carbons (Fsp3) is 0.375. The van der Waals surface area contributed by atoms with E-state index in [4.69, 9.17) is 0 Å². The zero-order chi connectivity index (χ0) is 17.0. The second kappa shape index (κ2) is 6.92. The van der Waals surface area contributed by atoms with Crippen LogP contribution in [0.1, 0.15) is 17.7 Å². The molecule has 23 heavy (non-hydrogen) atoms. The molecule has 120 valence electrons. The Hall–Kier alpha value is -2.88. The summed E-state index contributed by atoms with van der Waals surface area (Å²) in [6.45, 7) is 7.79. The molecule has 7 heteroatoms. The molecule has 2 heterocycles. The first kappa shape index (κ1) is 16.5. The highest BCUT2D eigenvalue weighted by Crippen LogP contribution is 2.13. The van der Waals surface area contributed by atoms with Crippen molar-refractivity contribution >= 4 is 5.91 Å². The maximum atomic E-state index is 12.4. The van der Waals surface area contributed by atoms with Gasteiger partial charge in [0.15, 0.2) is 0 Å². The van der Waals surface area contributed by atoms with Gasteiger partial charge in [-0.25, -0.2) is 9.36 Å². The molecule has 0 saturated carbocycles. The molecule has 0 N–H and O–H groups in total. The topological polar surface area (TPSA) is 88.1 Å². The van der Waals surface area contributed by atoms with E-state index in [0.717, 1.165) is 4.57 Å². The van der Waals surface area contributed by atoms with E-state index in [1.165, 1.54) is 9.47 Å². The summed E-state index contributed by atoms with van der Waals surface area (Å²) in [5, 5.41) is 9.21. The van der Waals surface area contributed by atoms with Gasteiger partial charge in [-0.2, -0.15) is 5.26 Å². The molecule has 0 atom stereocenters. The van der Waals surface area contributed by atoms with E-state index in [-0.39, 0.29) is 18.7 Å². The Kier molecular flexibility index (Phi) is 4.96. The van der Waals surface area contributed by atoms with E-state index < -0.39 is 23.7 Å². The van der Waals surface area contributed by atoms with Crippen LogP contribution in [0.25, 0.3) is 0 Å². The Morgan fingerprint density at radius 1 is 1.30 bits per heavy atom. The number of rotatable bonds is 6. The highest BCUT2D eigenvalue weighted by Gasteiger charge is 2.24. The first-order chi connectivity index (χ1) is 11.0. The van der Waals surface area contributed by atoms with Crippen LogP contribution in [0.4, 0.5) is 0 Å². The molecule has 0 saturated heterocycles. The monoisotopic (exact) mass is 314 g/mol. The van der Waals surface area contributed by atoms with Crippen LogP contribution in [0.15, 0.2) is 34.9 Å². The molecule has 0 spiro atoms. The van der Waals surface area contributed by atoms with Crippen LogP contribution in [-0.4, -0.2) is 33.0 Å². The largest absolute Gasteiger partial charge is 0.334 e. The Morgan fingerprint density at radius 2 is 1.96 bits per heavy atom. The van der Waals surface area contributed by atoms with Crippen LogP contribution in [0.5, 0.6) is 0 Å². The van der Waals surface area contributed by atoms with Crippen molar-refractivity contribution in [3.63, 3.8) is 0 Å². The lowest BCUT2D eigenvalue weighted by molar-refractivity contribution is -0.130. The van der Waals surface area contributed by atoms with Crippen molar-refractivity contribution < 1.29 is 4.79 Å². The number of hydrogen-bond donors (Lipinski definition) is 0. The fourth-order valence-electron chi connectivity index (χ4n) is 2.71. The van der Waals surface area contributed by atoms with E-state index in [0.29, 0.717) is 25.1 Å². The molecule has 0 aromatic carbocycles. The molecule has 0 bridgehead atoms. The van der Waals surface area contributed by atoms with Gasteiger partial charge in [-0.15, -0.1) is 13.2 Å². The van der Waals surface area contributed by atoms with Crippen molar-refractivity contribution in [1.82, 2.24) is 14.0 Å². The van der Waals surface area contributed by atoms with Gasteiger partial charge >= 0.3 is 5.69 Å². The second-order valence-corrected chi connectivity index (χ2v) is 5.24. The number of carbonyl (C=O) groups is 1. The molecule has 0 radical (unpaired) electrons. The highest BCUT2D eigenvalue weighted by atomic mass is 16.2. The van der Waals surface area contributed by atoms with E-state index in [1.807, 2.05) is 6.07 Å². The lowest BCUT2D eigenvalue weighted by atomic mass is 10.2. The van der Waals surface area contributed by atoms with Crippen molar-refractivity contribution in [2.45, 2.75) is 25.9 Å². The van der Waals surface area contributed by atoms with E-state index in [2.05, 4.69) is 13.2 Å². The molecule has 1 aliphatic rings. The van der Waals surface area contributed by atoms with Crippen LogP contribution in [-0.2, 0) is 24.3 Å². The maximum Gasteiger partial charge on any atom is 0.331 e. The van der Waals surface area contributed by atoms with Crippen molar-refractivity contribution in [2.24, 2.45) is 0 Å². The van der Waals surface area contributed by atoms with Gasteiger partial charge in [0.2, 0.25) is 5.91 Å². The van der Waals surface area contributed by atoms with E-state index >= 15 is 0 Å². The first-order valence-corrected chi connectivity index (χ1v) is 7.31. The minimum absolute atomic E-state index is 0.0473. The van der Waals surface area contributed by atoms with Crippen LogP contribution in [0.3, 0.4) is 0 Å². The summed E-state index contributed by atoms with van der Waals surface area (Å²) in [5.74, 6) is -0.397. The van der Waals surface area contributed by atoms with E-state index in [1.54, 1.807) is 12.2 Å². The van der Waals surface area contributed by atoms with Crippen molar-refractivity contribution in [3.8, 4) is 6.07 Å². The highest BCUT2D eigenvalue weighted by molar-refractivity contribution is 5.76. The number of hydrogen-bond acceptors (Lipinski definition) is 4. The van der Waals surface area contributed by atoms with Gasteiger partial charge in [0.05, 0.1) is 0 Å². The Bertz CT molecular complexity index is 800. The van der Waals surface area contributed by atoms with Crippen LogP contribution < -0.4 is 11.2 Å². The van der Waals surface area contributed by atoms with Crippen LogP contribution in [0, 0.1) is 11.3 Å². The number of nitrogens with zero attached hydrogens (tertiary/aromatic N) is 4. The minimum Gasteiger partial charge on any atom is -0.334 e. The van der Waals surface area contributed by atoms with Gasteiger partial charge in [-0.3, -0.25) is 14.2 Å². The average Bonchev–Trinajstić information content (AvgIpc) is 3.01. The fourth-order valence-corrected chi connectivity index (χ4v) is 2.71. The Morgan fingerprint density at radius 3 is 2.52 bits per heavy atom. The molecule has 0 fully saturated rings. The average molecular weight is 314 g/mol. The summed E-state index contributed by atoms with van der Waals surface area (Å²) in [6, 6.07) is 1.87. The van der Waals surface area contributed by atoms with Gasteiger partial charge in [0, 0.05) is 25.3 Å². The number of aromatic nitrogens is 2. The van der Waals surface area contributed by atoms with Gasteiger partial charge in [-0.05, 0) is 12.8 Å². The van der Waals surface area contributed by atoms with Gasteiger partial charge in [0.1, 0.15) is 18.2 Å². The number of carbonyl (C=O) groups excluding carboxylic acids is 1. The third kappa shape index (κ3) is 3.01. The van der Waals surface area contributed by atoms with E-state index in [9.17, 15) is 19.6 Å². The van der Waals surface area contributed by atoms with Crippen LogP contribution in [0.2, 0.25) is 0 Å². The van der Waals surface area contributed by atoms with Gasteiger partial charge in [-0.1, -0.05) is 12.2 Å². The van der Waals surface area contributed by atoms with Crippen molar-refractivity contribution in [2.75, 3.05) is 13.1 Å². The quantitative estimate of drug-likeness (QED) is 0.693. The summed E-state index contributed by atoms with van der Waals surface area (Å²) in [6.07, 6.45) is 4.35. The normalized spacial score (nSPS) is 12.3. The smallest absolute Gasteiger partial charge is 0.331 e. The number of fused-ring (bicyclic) bond motifs is 1. The summed E-state index contributed by atoms with van der Waals surface area (Å²) >= 11 is 0. The predicted octanol–water partition coefficient (Wildman–Crippen LogP) is 0.0285. The molecule has 7 nitrogen and oxygen atoms in total. The maximum absolute atomic E-state index is 12.4. The SMILES string of the molecule is C=CCN(CC=C)C(=O)Cn1c(=O)c(C#N)c2n(c1=O)CCC2. The summed E-state index contributed by atoms with van der Waals surface area (Å²) in [5.41, 5.74) is -0.808. The zero-order valence-electron chi connectivity index (χ0n) is 12.8. The van der Waals surface area contributed by atoms with Crippen molar-refractivity contribution in [3.05, 3.63) is 57.4 Å². The molecule has 1 aromatic rings. The summed E-state index contributed by atoms with van der Waals surface area (Å²) in [4.78, 5) is 38.6. The zero-order valence-corrected chi connectivity index (χ0v) is 12.8. The molecule has 0 unspecified atom stereocenters. The molecule has 1 aromatic heterocycles. The minimum atomic E-state index is -0.698. The first-order valence-electron chi connectivity index (χ1n) is 7.31. The van der Waals surface area contributed by atoms with Gasteiger partial charge in [0.25, 0.3) is 5.56 Å². The van der Waals surface area contributed by atoms with Crippen molar-refractivity contribution in [1.29, 1.82) is 5.26 Å². The summed E-state index contributed by atoms with van der Waals surface area (Å²) < 4.78 is 2.26. The number of nitriles is 1. The standard InChI is InChI=1S/C16H18N4O3/c1-3-7-18(8-4-2)14(21)11-20-15(22)12(10-17)13-6-5-9-19(13)16(20)23/h3-4H,1-2,5-9,11H2. The Balaban J connectivity index is 2.45.